The highest BCUT2D eigenvalue weighted by molar-refractivity contribution is 6.07. The lowest BCUT2D eigenvalue weighted by atomic mass is 10.1. The molecule has 0 spiro atoms. The van der Waals surface area contributed by atoms with Gasteiger partial charge in [0, 0.05) is 17.7 Å². The summed E-state index contributed by atoms with van der Waals surface area (Å²) >= 11 is 0. The van der Waals surface area contributed by atoms with Gasteiger partial charge in [-0.1, -0.05) is 0 Å². The zero-order valence-electron chi connectivity index (χ0n) is 10.3. The average molecular weight is 265 g/mol. The Hall–Kier alpha value is -2.70. The van der Waals surface area contributed by atoms with Gasteiger partial charge < -0.3 is 9.47 Å². The molecule has 7 heteroatoms. The van der Waals surface area contributed by atoms with E-state index in [9.17, 15) is 19.7 Å². The zero-order chi connectivity index (χ0) is 14.4. The number of ketones is 1. The van der Waals surface area contributed by atoms with Crippen molar-refractivity contribution < 1.29 is 24.0 Å². The quantitative estimate of drug-likeness (QED) is 0.263. The zero-order valence-corrected chi connectivity index (χ0v) is 10.3. The second-order valence-corrected chi connectivity index (χ2v) is 3.36. The van der Waals surface area contributed by atoms with Crippen molar-refractivity contribution in [2.75, 3.05) is 14.2 Å². The van der Waals surface area contributed by atoms with Crippen molar-refractivity contribution in [1.82, 2.24) is 0 Å². The third-order valence-electron chi connectivity index (χ3n) is 2.23. The molecule has 0 amide bonds. The lowest BCUT2D eigenvalue weighted by molar-refractivity contribution is -0.385. The summed E-state index contributed by atoms with van der Waals surface area (Å²) in [7, 11) is 2.47. The highest BCUT2D eigenvalue weighted by Crippen LogP contribution is 2.27. The fourth-order valence-electron chi connectivity index (χ4n) is 1.29. The third kappa shape index (κ3) is 3.63. The average Bonchev–Trinajstić information content (AvgIpc) is 2.43. The maximum Gasteiger partial charge on any atom is 0.330 e. The predicted molar refractivity (Wildman–Crippen MR) is 65.1 cm³/mol. The Morgan fingerprint density at radius 1 is 1.26 bits per heavy atom. The number of esters is 1. The van der Waals surface area contributed by atoms with Crippen molar-refractivity contribution in [3.63, 3.8) is 0 Å². The van der Waals surface area contributed by atoms with E-state index < -0.39 is 16.7 Å². The van der Waals surface area contributed by atoms with Crippen LogP contribution in [-0.2, 0) is 9.53 Å². The van der Waals surface area contributed by atoms with E-state index in [1.807, 2.05) is 0 Å². The Morgan fingerprint density at radius 2 is 1.95 bits per heavy atom. The number of ether oxygens (including phenoxy) is 2. The van der Waals surface area contributed by atoms with Gasteiger partial charge in [-0.25, -0.2) is 4.79 Å². The normalized spacial score (nSPS) is 10.2. The lowest BCUT2D eigenvalue weighted by Crippen LogP contribution is -2.01. The Labute approximate surface area is 108 Å². The first-order valence-corrected chi connectivity index (χ1v) is 5.12. The molecule has 0 saturated carbocycles. The largest absolute Gasteiger partial charge is 0.490 e. The minimum absolute atomic E-state index is 0.0542. The standard InChI is InChI=1S/C12H11NO6/c1-18-11-5-3-8(7-9(11)13(16)17)10(14)4-6-12(15)19-2/h3-7H,1-2H3. The summed E-state index contributed by atoms with van der Waals surface area (Å²) in [6.07, 6.45) is 1.93. The molecule has 0 aliphatic rings. The SMILES string of the molecule is COC(=O)C=CC(=O)c1ccc(OC)c([N+](=O)[O-])c1. The number of carbonyl (C=O) groups is 2. The number of allylic oxidation sites excluding steroid dienone is 1. The number of nitrogens with zero attached hydrogens (tertiary/aromatic N) is 1. The van der Waals surface area contributed by atoms with Crippen molar-refractivity contribution in [2.45, 2.75) is 0 Å². The first-order valence-electron chi connectivity index (χ1n) is 5.12. The molecule has 0 N–H and O–H groups in total. The molecule has 0 aliphatic heterocycles. The van der Waals surface area contributed by atoms with Gasteiger partial charge in [0.15, 0.2) is 11.5 Å². The van der Waals surface area contributed by atoms with E-state index in [1.165, 1.54) is 26.4 Å². The van der Waals surface area contributed by atoms with Gasteiger partial charge in [0.2, 0.25) is 0 Å². The van der Waals surface area contributed by atoms with Crippen molar-refractivity contribution in [3.8, 4) is 5.75 Å². The number of nitro benzene ring substituents is 1. The summed E-state index contributed by atoms with van der Waals surface area (Å²) in [5.41, 5.74) is -0.243. The number of carbonyl (C=O) groups excluding carboxylic acids is 2. The molecule has 0 heterocycles. The van der Waals surface area contributed by atoms with Crippen LogP contribution in [0.25, 0.3) is 0 Å². The van der Waals surface area contributed by atoms with Gasteiger partial charge in [-0.15, -0.1) is 0 Å². The van der Waals surface area contributed by atoms with Crippen LogP contribution < -0.4 is 4.74 Å². The number of nitro groups is 1. The second kappa shape index (κ2) is 6.29. The van der Waals surface area contributed by atoms with Crippen molar-refractivity contribution >= 4 is 17.4 Å². The van der Waals surface area contributed by atoms with Gasteiger partial charge >= 0.3 is 11.7 Å². The molecule has 0 fully saturated rings. The van der Waals surface area contributed by atoms with Crippen LogP contribution in [0.1, 0.15) is 10.4 Å². The van der Waals surface area contributed by atoms with E-state index in [0.29, 0.717) is 0 Å². The first-order chi connectivity index (χ1) is 8.99. The van der Waals surface area contributed by atoms with Gasteiger partial charge in [-0.2, -0.15) is 0 Å². The van der Waals surface area contributed by atoms with E-state index in [2.05, 4.69) is 4.74 Å². The number of hydrogen-bond donors (Lipinski definition) is 0. The lowest BCUT2D eigenvalue weighted by Gasteiger charge is -2.02. The molecular formula is C12H11NO6. The Balaban J connectivity index is 3.05. The molecule has 0 saturated heterocycles. The Bertz CT molecular complexity index is 549. The van der Waals surface area contributed by atoms with Gasteiger partial charge in [0.05, 0.1) is 19.1 Å². The number of rotatable bonds is 5. The summed E-state index contributed by atoms with van der Waals surface area (Å²) in [6, 6.07) is 3.77. The molecule has 0 atom stereocenters. The number of methoxy groups -OCH3 is 2. The smallest absolute Gasteiger partial charge is 0.330 e. The molecule has 1 aromatic carbocycles. The second-order valence-electron chi connectivity index (χ2n) is 3.36. The fraction of sp³-hybridized carbons (Fsp3) is 0.167. The molecule has 0 radical (unpaired) electrons. The summed E-state index contributed by atoms with van der Waals surface area (Å²) in [6.45, 7) is 0. The van der Waals surface area contributed by atoms with E-state index in [0.717, 1.165) is 18.2 Å². The van der Waals surface area contributed by atoms with Gasteiger partial charge in [0.25, 0.3) is 0 Å². The number of benzene rings is 1. The molecule has 0 bridgehead atoms. The minimum Gasteiger partial charge on any atom is -0.490 e. The maximum absolute atomic E-state index is 11.7. The van der Waals surface area contributed by atoms with E-state index >= 15 is 0 Å². The highest BCUT2D eigenvalue weighted by Gasteiger charge is 2.17. The summed E-state index contributed by atoms with van der Waals surface area (Å²) in [4.78, 5) is 32.7. The molecule has 1 rings (SSSR count). The molecular weight excluding hydrogens is 254 g/mol. The van der Waals surface area contributed by atoms with Crippen LogP contribution in [0.3, 0.4) is 0 Å². The van der Waals surface area contributed by atoms with Crippen LogP contribution >= 0.6 is 0 Å². The topological polar surface area (TPSA) is 95.7 Å². The van der Waals surface area contributed by atoms with Crippen LogP contribution in [-0.4, -0.2) is 30.9 Å². The highest BCUT2D eigenvalue weighted by atomic mass is 16.6. The fourth-order valence-corrected chi connectivity index (χ4v) is 1.29. The van der Waals surface area contributed by atoms with Gasteiger partial charge in [-0.3, -0.25) is 14.9 Å². The van der Waals surface area contributed by atoms with E-state index in [-0.39, 0.29) is 17.0 Å². The van der Waals surface area contributed by atoms with Crippen LogP contribution in [0, 0.1) is 10.1 Å². The molecule has 100 valence electrons. The number of hydrogen-bond acceptors (Lipinski definition) is 6. The predicted octanol–water partition coefficient (Wildman–Crippen LogP) is 1.52. The van der Waals surface area contributed by atoms with Crippen molar-refractivity contribution in [1.29, 1.82) is 0 Å². The molecule has 0 unspecified atom stereocenters. The Morgan fingerprint density at radius 3 is 2.47 bits per heavy atom. The van der Waals surface area contributed by atoms with Crippen LogP contribution in [0.4, 0.5) is 5.69 Å². The molecule has 19 heavy (non-hydrogen) atoms. The summed E-state index contributed by atoms with van der Waals surface area (Å²) in [5, 5.41) is 10.8. The summed E-state index contributed by atoms with van der Waals surface area (Å²) < 4.78 is 9.14. The molecule has 7 nitrogen and oxygen atoms in total. The van der Waals surface area contributed by atoms with E-state index in [1.54, 1.807) is 0 Å². The third-order valence-corrected chi connectivity index (χ3v) is 2.23. The monoisotopic (exact) mass is 265 g/mol. The first kappa shape index (κ1) is 14.4. The molecule has 0 aliphatic carbocycles. The van der Waals surface area contributed by atoms with Crippen LogP contribution in [0.15, 0.2) is 30.4 Å². The van der Waals surface area contributed by atoms with Gasteiger partial charge in [-0.05, 0) is 18.2 Å². The van der Waals surface area contributed by atoms with Gasteiger partial charge in [0.1, 0.15) is 0 Å². The van der Waals surface area contributed by atoms with Crippen LogP contribution in [0.5, 0.6) is 5.75 Å². The maximum atomic E-state index is 11.7. The summed E-state index contributed by atoms with van der Waals surface area (Å²) in [5.74, 6) is -1.17. The Kier molecular flexibility index (Phi) is 4.76. The van der Waals surface area contributed by atoms with E-state index in [4.69, 9.17) is 4.74 Å². The van der Waals surface area contributed by atoms with Crippen molar-refractivity contribution in [3.05, 3.63) is 46.0 Å². The molecule has 0 aromatic heterocycles. The van der Waals surface area contributed by atoms with Crippen LogP contribution in [0.2, 0.25) is 0 Å². The van der Waals surface area contributed by atoms with Crippen molar-refractivity contribution in [2.24, 2.45) is 0 Å². The minimum atomic E-state index is -0.684. The molecule has 1 aromatic rings.